The molecule has 7 rings (SSSR count). The number of hydrogen-bond donors (Lipinski definition) is 0. The molecule has 244 valence electrons. The van der Waals surface area contributed by atoms with Crippen LogP contribution in [0, 0.1) is 24.5 Å². The summed E-state index contributed by atoms with van der Waals surface area (Å²) in [5.41, 5.74) is 2.25. The second-order valence-electron chi connectivity index (χ2n) is 12.2. The Labute approximate surface area is 281 Å². The van der Waals surface area contributed by atoms with Gasteiger partial charge in [-0.05, 0) is 73.4 Å². The highest BCUT2D eigenvalue weighted by molar-refractivity contribution is 7.98. The van der Waals surface area contributed by atoms with Gasteiger partial charge in [0, 0.05) is 37.1 Å². The molecule has 4 heterocycles. The van der Waals surface area contributed by atoms with Crippen molar-refractivity contribution in [2.45, 2.75) is 37.1 Å². The molecule has 1 unspecified atom stereocenters. The first-order valence-electron chi connectivity index (χ1n) is 15.9. The number of aromatic nitrogens is 4. The van der Waals surface area contributed by atoms with Crippen LogP contribution in [-0.4, -0.2) is 62.3 Å². The number of hydrogen-bond acceptors (Lipinski definition) is 7. The zero-order valence-electron chi connectivity index (χ0n) is 26.7. The molecule has 48 heavy (non-hydrogen) atoms. The van der Waals surface area contributed by atoms with Crippen LogP contribution in [0.4, 0.5) is 14.6 Å². The third-order valence-electron chi connectivity index (χ3n) is 9.22. The molecule has 1 saturated heterocycles. The van der Waals surface area contributed by atoms with Crippen LogP contribution in [0.25, 0.3) is 28.0 Å². The molecule has 2 fully saturated rings. The summed E-state index contributed by atoms with van der Waals surface area (Å²) >= 11 is 1.28. The number of amides is 1. The number of anilines is 1. The topological polar surface area (TPSA) is 84.2 Å². The Morgan fingerprint density at radius 3 is 2.56 bits per heavy atom. The van der Waals surface area contributed by atoms with Crippen LogP contribution >= 0.6 is 11.8 Å². The van der Waals surface area contributed by atoms with Crippen molar-refractivity contribution in [2.75, 3.05) is 30.8 Å². The summed E-state index contributed by atoms with van der Waals surface area (Å²) in [5, 5.41) is 0.320. The fourth-order valence-corrected chi connectivity index (χ4v) is 7.34. The van der Waals surface area contributed by atoms with Crippen LogP contribution in [0.15, 0.2) is 89.2 Å². The van der Waals surface area contributed by atoms with Gasteiger partial charge in [0.25, 0.3) is 0 Å². The lowest BCUT2D eigenvalue weighted by atomic mass is 10.0. The van der Waals surface area contributed by atoms with Gasteiger partial charge in [-0.25, -0.2) is 23.1 Å². The van der Waals surface area contributed by atoms with E-state index in [-0.39, 0.29) is 28.9 Å². The van der Waals surface area contributed by atoms with Crippen LogP contribution in [0.2, 0.25) is 0 Å². The number of pyridine rings is 2. The fourth-order valence-electron chi connectivity index (χ4n) is 6.72. The number of piperazine rings is 1. The van der Waals surface area contributed by atoms with Crippen LogP contribution in [0.3, 0.4) is 0 Å². The number of rotatable bonds is 8. The molecule has 3 aromatic heterocycles. The second-order valence-corrected chi connectivity index (χ2v) is 13.1. The molecule has 1 aliphatic carbocycles. The van der Waals surface area contributed by atoms with Crippen molar-refractivity contribution in [1.29, 1.82) is 0 Å². The normalized spacial score (nSPS) is 16.4. The zero-order chi connectivity index (χ0) is 33.5. The predicted octanol–water partition coefficient (Wildman–Crippen LogP) is 6.36. The van der Waals surface area contributed by atoms with Crippen molar-refractivity contribution in [3.8, 4) is 16.9 Å². The van der Waals surface area contributed by atoms with Crippen LogP contribution in [0.5, 0.6) is 0 Å². The lowest BCUT2D eigenvalue weighted by Gasteiger charge is -2.42. The summed E-state index contributed by atoms with van der Waals surface area (Å²) < 4.78 is 33.2. The molecular formula is C37H34F2N6O2S. The van der Waals surface area contributed by atoms with E-state index in [4.69, 9.17) is 4.98 Å². The van der Waals surface area contributed by atoms with Crippen LogP contribution in [0.1, 0.15) is 29.7 Å². The van der Waals surface area contributed by atoms with Crippen molar-refractivity contribution < 1.29 is 13.6 Å². The van der Waals surface area contributed by atoms with Gasteiger partial charge < -0.3 is 9.80 Å². The quantitative estimate of drug-likeness (QED) is 0.141. The molecule has 0 N–H and O–H groups in total. The van der Waals surface area contributed by atoms with Crippen molar-refractivity contribution in [2.24, 2.45) is 5.92 Å². The minimum Gasteiger partial charge on any atom is -0.349 e. The lowest BCUT2D eigenvalue weighted by Crippen LogP contribution is -2.56. The van der Waals surface area contributed by atoms with Crippen LogP contribution < -0.4 is 10.6 Å². The van der Waals surface area contributed by atoms with E-state index in [1.165, 1.54) is 34.5 Å². The highest BCUT2D eigenvalue weighted by Crippen LogP contribution is 2.41. The molecule has 11 heteroatoms. The second kappa shape index (κ2) is 13.0. The summed E-state index contributed by atoms with van der Waals surface area (Å²) in [6, 6.07) is 17.4. The average molecular weight is 665 g/mol. The van der Waals surface area contributed by atoms with Gasteiger partial charge in [0.15, 0.2) is 11.5 Å². The number of carbonyl (C=O) groups is 1. The van der Waals surface area contributed by atoms with Crippen molar-refractivity contribution in [3.63, 3.8) is 0 Å². The smallest absolute Gasteiger partial charge is 0.349 e. The predicted molar refractivity (Wildman–Crippen MR) is 185 cm³/mol. The van der Waals surface area contributed by atoms with Gasteiger partial charge in [-0.3, -0.25) is 9.78 Å². The van der Waals surface area contributed by atoms with Gasteiger partial charge in [0.1, 0.15) is 17.3 Å². The van der Waals surface area contributed by atoms with Gasteiger partial charge in [-0.15, -0.1) is 11.8 Å². The first-order valence-corrected chi connectivity index (χ1v) is 17.1. The molecule has 0 spiro atoms. The Hall–Kier alpha value is -4.90. The maximum atomic E-state index is 16.4. The van der Waals surface area contributed by atoms with Crippen molar-refractivity contribution >= 4 is 34.5 Å². The molecular weight excluding hydrogens is 631 g/mol. The SMILES string of the molecule is C=CC(=O)N1CCN(c2nc(=O)n(-c3c(C)ccnc3Cc3ccccc3)c3nc(-c4c(F)cccc4SC)c(F)cc23)C(C2CC2)C1. The summed E-state index contributed by atoms with van der Waals surface area (Å²) in [5.74, 6) is -0.903. The Morgan fingerprint density at radius 1 is 1.04 bits per heavy atom. The summed E-state index contributed by atoms with van der Waals surface area (Å²) in [7, 11) is 0. The number of fused-ring (bicyclic) bond motifs is 1. The van der Waals surface area contributed by atoms with Crippen LogP contribution in [-0.2, 0) is 11.2 Å². The van der Waals surface area contributed by atoms with E-state index in [1.54, 1.807) is 29.5 Å². The zero-order valence-corrected chi connectivity index (χ0v) is 27.5. The fraction of sp³-hybridized carbons (Fsp3) is 0.270. The largest absolute Gasteiger partial charge is 0.355 e. The van der Waals surface area contributed by atoms with E-state index in [2.05, 4.69) is 16.5 Å². The van der Waals surface area contributed by atoms with E-state index in [0.717, 1.165) is 24.0 Å². The first-order chi connectivity index (χ1) is 23.3. The monoisotopic (exact) mass is 664 g/mol. The maximum Gasteiger partial charge on any atom is 0.355 e. The molecule has 0 radical (unpaired) electrons. The van der Waals surface area contributed by atoms with Gasteiger partial charge in [0.2, 0.25) is 5.91 Å². The maximum absolute atomic E-state index is 16.4. The standard InChI is InChI=1S/C37H34F2N6O2S/c1-4-31(46)43-17-18-44(29(21-43)24-13-14-24)35-25-20-27(39)33(32-26(38)11-8-12-30(32)48-3)41-36(25)45(37(47)42-35)34-22(2)15-16-40-28(34)19-23-9-6-5-7-10-23/h4-12,15-16,20,24,29H,1,13-14,17-19,21H2,2-3H3. The number of thioether (sulfide) groups is 1. The minimum absolute atomic E-state index is 0.0292. The highest BCUT2D eigenvalue weighted by atomic mass is 32.2. The minimum atomic E-state index is -0.730. The molecule has 1 atom stereocenters. The number of nitrogens with zero attached hydrogens (tertiary/aromatic N) is 6. The van der Waals surface area contributed by atoms with Gasteiger partial charge in [0.05, 0.1) is 28.4 Å². The van der Waals surface area contributed by atoms with Gasteiger partial charge in [-0.2, -0.15) is 4.98 Å². The summed E-state index contributed by atoms with van der Waals surface area (Å²) in [6.07, 6.45) is 7.17. The molecule has 1 saturated carbocycles. The molecule has 0 bridgehead atoms. The molecule has 1 amide bonds. The Balaban J connectivity index is 1.49. The lowest BCUT2D eigenvalue weighted by molar-refractivity contribution is -0.126. The average Bonchev–Trinajstić information content (AvgIpc) is 3.94. The summed E-state index contributed by atoms with van der Waals surface area (Å²) in [6.45, 7) is 6.75. The van der Waals surface area contributed by atoms with E-state index < -0.39 is 17.3 Å². The molecule has 5 aromatic rings. The van der Waals surface area contributed by atoms with E-state index in [9.17, 15) is 9.59 Å². The van der Waals surface area contributed by atoms with Crippen molar-refractivity contribution in [1.82, 2.24) is 24.4 Å². The summed E-state index contributed by atoms with van der Waals surface area (Å²) in [4.78, 5) is 45.4. The first kappa shape index (κ1) is 31.7. The Morgan fingerprint density at radius 2 is 1.83 bits per heavy atom. The molecule has 1 aliphatic heterocycles. The van der Waals surface area contributed by atoms with Gasteiger partial charge >= 0.3 is 5.69 Å². The van der Waals surface area contributed by atoms with E-state index in [0.29, 0.717) is 59.5 Å². The third kappa shape index (κ3) is 5.76. The van der Waals surface area contributed by atoms with Gasteiger partial charge in [-0.1, -0.05) is 43.0 Å². The molecule has 2 aliphatic rings. The van der Waals surface area contributed by atoms with E-state index >= 15 is 8.78 Å². The highest BCUT2D eigenvalue weighted by Gasteiger charge is 2.41. The van der Waals surface area contributed by atoms with Crippen molar-refractivity contribution in [3.05, 3.63) is 118 Å². The third-order valence-corrected chi connectivity index (χ3v) is 10.00. The number of carbonyl (C=O) groups excluding carboxylic acids is 1. The number of halogens is 2. The molecule has 2 aromatic carbocycles. The molecule has 8 nitrogen and oxygen atoms in total. The number of benzene rings is 2. The Bertz CT molecular complexity index is 2120. The van der Waals surface area contributed by atoms with E-state index in [1.807, 2.05) is 48.2 Å². The Kier molecular flexibility index (Phi) is 8.55. The number of aryl methyl sites for hydroxylation is 1.